The van der Waals surface area contributed by atoms with Gasteiger partial charge in [0.1, 0.15) is 0 Å². The summed E-state index contributed by atoms with van der Waals surface area (Å²) in [6.07, 6.45) is -4.40. The zero-order chi connectivity index (χ0) is 11.5. The van der Waals surface area contributed by atoms with Gasteiger partial charge in [-0.2, -0.15) is 13.2 Å². The van der Waals surface area contributed by atoms with Crippen molar-refractivity contribution in [3.63, 3.8) is 0 Å². The Labute approximate surface area is 84.2 Å². The van der Waals surface area contributed by atoms with E-state index in [1.807, 2.05) is 0 Å². The molecule has 0 fully saturated rings. The quantitative estimate of drug-likeness (QED) is 0.760. The van der Waals surface area contributed by atoms with Gasteiger partial charge < -0.3 is 5.73 Å². The summed E-state index contributed by atoms with van der Waals surface area (Å²) in [6, 6.07) is 4.75. The van der Waals surface area contributed by atoms with Gasteiger partial charge in [0.25, 0.3) is 0 Å². The van der Waals surface area contributed by atoms with E-state index in [1.54, 1.807) is 0 Å². The molecule has 0 saturated heterocycles. The van der Waals surface area contributed by atoms with Crippen molar-refractivity contribution < 1.29 is 17.6 Å². The number of nitrogens with two attached hydrogens (primary N) is 1. The van der Waals surface area contributed by atoms with E-state index in [0.717, 1.165) is 6.07 Å². The minimum atomic E-state index is -4.50. The van der Waals surface area contributed by atoms with Crippen LogP contribution >= 0.6 is 0 Å². The first-order valence-electron chi connectivity index (χ1n) is 4.16. The standard InChI is InChI=1S/C10H9F4N/c11-5-7(6-15)8-3-1-2-4-9(8)10(12,13)14/h1-5H,6,15H2. The number of benzene rings is 1. The average molecular weight is 219 g/mol. The van der Waals surface area contributed by atoms with Crippen molar-refractivity contribution in [3.8, 4) is 0 Å². The Kier molecular flexibility index (Phi) is 3.47. The molecule has 0 saturated carbocycles. The number of hydrogen-bond acceptors (Lipinski definition) is 1. The molecule has 0 bridgehead atoms. The van der Waals surface area contributed by atoms with Gasteiger partial charge in [-0.15, -0.1) is 0 Å². The lowest BCUT2D eigenvalue weighted by Crippen LogP contribution is -2.11. The molecule has 0 aliphatic heterocycles. The van der Waals surface area contributed by atoms with Crippen LogP contribution in [0.2, 0.25) is 0 Å². The fourth-order valence-corrected chi connectivity index (χ4v) is 1.22. The minimum Gasteiger partial charge on any atom is -0.326 e. The van der Waals surface area contributed by atoms with Crippen LogP contribution in [0.3, 0.4) is 0 Å². The summed E-state index contributed by atoms with van der Waals surface area (Å²) in [4.78, 5) is 0. The third-order valence-corrected chi connectivity index (χ3v) is 1.93. The van der Waals surface area contributed by atoms with E-state index in [4.69, 9.17) is 5.73 Å². The monoisotopic (exact) mass is 219 g/mol. The number of hydrogen-bond donors (Lipinski definition) is 1. The molecular formula is C10H9F4N. The molecule has 0 amide bonds. The molecule has 0 spiro atoms. The van der Waals surface area contributed by atoms with Crippen molar-refractivity contribution in [2.45, 2.75) is 6.18 Å². The highest BCUT2D eigenvalue weighted by molar-refractivity contribution is 5.69. The first kappa shape index (κ1) is 11.7. The summed E-state index contributed by atoms with van der Waals surface area (Å²) in [5.74, 6) is 0. The Balaban J connectivity index is 3.30. The van der Waals surface area contributed by atoms with Crippen LogP contribution in [0.25, 0.3) is 5.57 Å². The van der Waals surface area contributed by atoms with Crippen molar-refractivity contribution in [2.75, 3.05) is 6.54 Å². The van der Waals surface area contributed by atoms with Gasteiger partial charge in [0.2, 0.25) is 0 Å². The predicted octanol–water partition coefficient (Wildman–Crippen LogP) is 2.97. The normalized spacial score (nSPS) is 13.0. The van der Waals surface area contributed by atoms with Gasteiger partial charge in [-0.1, -0.05) is 18.2 Å². The molecule has 0 heterocycles. The maximum Gasteiger partial charge on any atom is 0.416 e. The minimum absolute atomic E-state index is 0.102. The largest absolute Gasteiger partial charge is 0.416 e. The Morgan fingerprint density at radius 2 is 1.87 bits per heavy atom. The molecule has 1 nitrogen and oxygen atoms in total. The molecule has 0 radical (unpaired) electrons. The zero-order valence-electron chi connectivity index (χ0n) is 7.68. The van der Waals surface area contributed by atoms with Crippen molar-refractivity contribution in [1.29, 1.82) is 0 Å². The zero-order valence-corrected chi connectivity index (χ0v) is 7.68. The fraction of sp³-hybridized carbons (Fsp3) is 0.200. The van der Waals surface area contributed by atoms with Gasteiger partial charge in [0.05, 0.1) is 11.9 Å². The number of halogens is 4. The molecule has 0 atom stereocenters. The highest BCUT2D eigenvalue weighted by Crippen LogP contribution is 2.34. The van der Waals surface area contributed by atoms with Crippen molar-refractivity contribution in [3.05, 3.63) is 41.7 Å². The topological polar surface area (TPSA) is 26.0 Å². The second-order valence-corrected chi connectivity index (χ2v) is 2.88. The van der Waals surface area contributed by atoms with E-state index in [9.17, 15) is 17.6 Å². The van der Waals surface area contributed by atoms with Crippen molar-refractivity contribution in [1.82, 2.24) is 0 Å². The van der Waals surface area contributed by atoms with E-state index >= 15 is 0 Å². The van der Waals surface area contributed by atoms with Crippen LogP contribution in [0.15, 0.2) is 30.6 Å². The van der Waals surface area contributed by atoms with Gasteiger partial charge in [-0.05, 0) is 11.6 Å². The lowest BCUT2D eigenvalue weighted by molar-refractivity contribution is -0.137. The van der Waals surface area contributed by atoms with Crippen LogP contribution in [-0.2, 0) is 6.18 Å². The lowest BCUT2D eigenvalue weighted by Gasteiger charge is -2.13. The van der Waals surface area contributed by atoms with E-state index in [2.05, 4.69) is 0 Å². The van der Waals surface area contributed by atoms with Crippen LogP contribution in [0, 0.1) is 0 Å². The van der Waals surface area contributed by atoms with Crippen LogP contribution < -0.4 is 5.73 Å². The molecule has 5 heteroatoms. The molecule has 15 heavy (non-hydrogen) atoms. The molecule has 2 N–H and O–H groups in total. The van der Waals surface area contributed by atoms with E-state index in [1.165, 1.54) is 18.2 Å². The summed E-state index contributed by atoms with van der Waals surface area (Å²) in [6.45, 7) is -0.274. The number of alkyl halides is 3. The van der Waals surface area contributed by atoms with Crippen LogP contribution in [-0.4, -0.2) is 6.54 Å². The Morgan fingerprint density at radius 3 is 2.33 bits per heavy atom. The first-order valence-corrected chi connectivity index (χ1v) is 4.16. The molecule has 0 aromatic heterocycles. The fourth-order valence-electron chi connectivity index (χ4n) is 1.22. The molecule has 82 valence electrons. The maximum atomic E-state index is 12.5. The Hall–Kier alpha value is -1.36. The molecule has 1 rings (SSSR count). The summed E-state index contributed by atoms with van der Waals surface area (Å²) < 4.78 is 49.8. The van der Waals surface area contributed by atoms with Crippen LogP contribution in [0.4, 0.5) is 17.6 Å². The molecular weight excluding hydrogens is 210 g/mol. The third kappa shape index (κ3) is 2.56. The molecule has 0 unspecified atom stereocenters. The molecule has 1 aromatic carbocycles. The van der Waals surface area contributed by atoms with Gasteiger partial charge in [0.15, 0.2) is 0 Å². The highest BCUT2D eigenvalue weighted by atomic mass is 19.4. The summed E-state index contributed by atoms with van der Waals surface area (Å²) in [5, 5.41) is 0. The molecule has 1 aromatic rings. The SMILES string of the molecule is NCC(=CF)c1ccccc1C(F)(F)F. The molecule has 0 aliphatic carbocycles. The maximum absolute atomic E-state index is 12.5. The second-order valence-electron chi connectivity index (χ2n) is 2.88. The molecule has 0 aliphatic rings. The van der Waals surface area contributed by atoms with E-state index in [-0.39, 0.29) is 24.0 Å². The summed E-state index contributed by atoms with van der Waals surface area (Å²) in [5.41, 5.74) is 3.90. The average Bonchev–Trinajstić information content (AvgIpc) is 2.19. The number of rotatable bonds is 2. The van der Waals surface area contributed by atoms with Crippen LogP contribution in [0.5, 0.6) is 0 Å². The van der Waals surface area contributed by atoms with Crippen LogP contribution in [0.1, 0.15) is 11.1 Å². The third-order valence-electron chi connectivity index (χ3n) is 1.93. The van der Waals surface area contributed by atoms with Gasteiger partial charge in [0, 0.05) is 12.1 Å². The second kappa shape index (κ2) is 4.44. The summed E-state index contributed by atoms with van der Waals surface area (Å²) >= 11 is 0. The Morgan fingerprint density at radius 1 is 1.27 bits per heavy atom. The van der Waals surface area contributed by atoms with E-state index < -0.39 is 11.7 Å². The highest BCUT2D eigenvalue weighted by Gasteiger charge is 2.33. The van der Waals surface area contributed by atoms with Gasteiger partial charge >= 0.3 is 6.18 Å². The smallest absolute Gasteiger partial charge is 0.326 e. The van der Waals surface area contributed by atoms with E-state index in [0.29, 0.717) is 0 Å². The summed E-state index contributed by atoms with van der Waals surface area (Å²) in [7, 11) is 0. The predicted molar refractivity (Wildman–Crippen MR) is 49.6 cm³/mol. The van der Waals surface area contributed by atoms with Gasteiger partial charge in [-0.25, -0.2) is 4.39 Å². The van der Waals surface area contributed by atoms with Gasteiger partial charge in [-0.3, -0.25) is 0 Å². The van der Waals surface area contributed by atoms with Crippen molar-refractivity contribution in [2.24, 2.45) is 5.73 Å². The lowest BCUT2D eigenvalue weighted by atomic mass is 10.0. The Bertz CT molecular complexity index is 368. The first-order chi connectivity index (χ1) is 7.00. The van der Waals surface area contributed by atoms with Crippen molar-refractivity contribution >= 4 is 5.57 Å².